The van der Waals surface area contributed by atoms with Crippen molar-refractivity contribution in [2.45, 2.75) is 32.2 Å². The van der Waals surface area contributed by atoms with E-state index in [-0.39, 0.29) is 5.91 Å². The largest absolute Gasteiger partial charge is 0.339 e. The van der Waals surface area contributed by atoms with Crippen LogP contribution in [-0.4, -0.2) is 23.9 Å². The number of rotatable bonds is 2. The molecule has 2 rings (SSSR count). The first-order valence-electron chi connectivity index (χ1n) is 5.63. The van der Waals surface area contributed by atoms with Crippen LogP contribution in [-0.2, 0) is 0 Å². The highest BCUT2D eigenvalue weighted by Gasteiger charge is 2.27. The minimum Gasteiger partial charge on any atom is -0.339 e. The lowest BCUT2D eigenvalue weighted by Gasteiger charge is -2.35. The Morgan fingerprint density at radius 1 is 1.44 bits per heavy atom. The highest BCUT2D eigenvalue weighted by Crippen LogP contribution is 2.27. The third-order valence-electron chi connectivity index (χ3n) is 3.30. The molecule has 1 amide bonds. The van der Waals surface area contributed by atoms with Gasteiger partial charge in [0.2, 0.25) is 0 Å². The molecule has 0 N–H and O–H groups in total. The summed E-state index contributed by atoms with van der Waals surface area (Å²) in [7, 11) is 1.90. The van der Waals surface area contributed by atoms with Crippen LogP contribution in [0.3, 0.4) is 0 Å². The van der Waals surface area contributed by atoms with Gasteiger partial charge in [-0.05, 0) is 59.8 Å². The van der Waals surface area contributed by atoms with E-state index in [4.69, 9.17) is 0 Å². The summed E-state index contributed by atoms with van der Waals surface area (Å²) in [6.45, 7) is 2.02. The van der Waals surface area contributed by atoms with Gasteiger partial charge in [0.1, 0.15) is 0 Å². The molecule has 0 saturated heterocycles. The number of benzene rings is 1. The molecule has 0 spiro atoms. The molecular weight excluding hydrogens is 266 g/mol. The molecule has 0 bridgehead atoms. The number of nitrogens with zero attached hydrogens (tertiary/aromatic N) is 1. The molecule has 0 aromatic heterocycles. The molecule has 0 aliphatic heterocycles. The lowest BCUT2D eigenvalue weighted by atomic mass is 9.91. The quantitative estimate of drug-likeness (QED) is 0.814. The van der Waals surface area contributed by atoms with Gasteiger partial charge in [0.05, 0.1) is 5.56 Å². The molecule has 1 aliphatic carbocycles. The summed E-state index contributed by atoms with van der Waals surface area (Å²) in [5.74, 6) is 0.122. The number of carbonyl (C=O) groups is 1. The summed E-state index contributed by atoms with van der Waals surface area (Å²) in [6, 6.07) is 6.31. The van der Waals surface area contributed by atoms with Crippen LogP contribution >= 0.6 is 15.9 Å². The maximum atomic E-state index is 12.2. The van der Waals surface area contributed by atoms with E-state index < -0.39 is 0 Å². The van der Waals surface area contributed by atoms with E-state index in [1.807, 2.05) is 37.1 Å². The predicted molar refractivity (Wildman–Crippen MR) is 68.6 cm³/mol. The third kappa shape index (κ3) is 2.14. The average Bonchev–Trinajstić information content (AvgIpc) is 2.14. The standard InChI is InChI=1S/C13H16BrNO/c1-9-6-7-11(12(14)8-9)13(16)15(2)10-4-3-5-10/h6-8,10H,3-5H2,1-2H3. The molecule has 0 heterocycles. The van der Waals surface area contributed by atoms with Crippen molar-refractivity contribution >= 4 is 21.8 Å². The first kappa shape index (κ1) is 11.6. The molecule has 0 atom stereocenters. The normalized spacial score (nSPS) is 15.7. The van der Waals surface area contributed by atoms with Crippen LogP contribution < -0.4 is 0 Å². The van der Waals surface area contributed by atoms with E-state index in [9.17, 15) is 4.79 Å². The predicted octanol–water partition coefficient (Wildman–Crippen LogP) is 3.38. The number of amides is 1. The molecule has 1 fully saturated rings. The third-order valence-corrected chi connectivity index (χ3v) is 3.95. The molecule has 1 saturated carbocycles. The van der Waals surface area contributed by atoms with Gasteiger partial charge in [0, 0.05) is 17.6 Å². The van der Waals surface area contributed by atoms with Gasteiger partial charge >= 0.3 is 0 Å². The summed E-state index contributed by atoms with van der Waals surface area (Å²) in [6.07, 6.45) is 3.54. The van der Waals surface area contributed by atoms with Gasteiger partial charge in [-0.3, -0.25) is 4.79 Å². The molecule has 0 radical (unpaired) electrons. The van der Waals surface area contributed by atoms with Crippen molar-refractivity contribution in [1.82, 2.24) is 4.90 Å². The Morgan fingerprint density at radius 2 is 2.12 bits per heavy atom. The van der Waals surface area contributed by atoms with E-state index in [0.29, 0.717) is 6.04 Å². The Bertz CT molecular complexity index is 412. The fraction of sp³-hybridized carbons (Fsp3) is 0.462. The van der Waals surface area contributed by atoms with Gasteiger partial charge in [-0.2, -0.15) is 0 Å². The Kier molecular flexibility index (Phi) is 3.33. The van der Waals surface area contributed by atoms with Gasteiger partial charge in [-0.1, -0.05) is 6.07 Å². The van der Waals surface area contributed by atoms with Crippen LogP contribution in [0.15, 0.2) is 22.7 Å². The second-order valence-electron chi connectivity index (χ2n) is 4.48. The number of hydrogen-bond acceptors (Lipinski definition) is 1. The summed E-state index contributed by atoms with van der Waals surface area (Å²) in [4.78, 5) is 14.1. The molecule has 1 aromatic carbocycles. The van der Waals surface area contributed by atoms with E-state index in [1.165, 1.54) is 6.42 Å². The highest BCUT2D eigenvalue weighted by molar-refractivity contribution is 9.10. The second kappa shape index (κ2) is 4.58. The maximum Gasteiger partial charge on any atom is 0.254 e. The maximum absolute atomic E-state index is 12.2. The molecule has 3 heteroatoms. The fourth-order valence-corrected chi connectivity index (χ4v) is 2.59. The zero-order chi connectivity index (χ0) is 11.7. The SMILES string of the molecule is Cc1ccc(C(=O)N(C)C2CCC2)c(Br)c1. The summed E-state index contributed by atoms with van der Waals surface area (Å²) < 4.78 is 0.892. The van der Waals surface area contributed by atoms with Gasteiger partial charge in [0.15, 0.2) is 0 Å². The monoisotopic (exact) mass is 281 g/mol. The van der Waals surface area contributed by atoms with Gasteiger partial charge in [-0.25, -0.2) is 0 Å². The number of aryl methyl sites for hydroxylation is 1. The summed E-state index contributed by atoms with van der Waals surface area (Å²) in [5, 5.41) is 0. The lowest BCUT2D eigenvalue weighted by Crippen LogP contribution is -2.41. The zero-order valence-electron chi connectivity index (χ0n) is 9.66. The van der Waals surface area contributed by atoms with Gasteiger partial charge < -0.3 is 4.90 Å². The van der Waals surface area contributed by atoms with Crippen LogP contribution in [0.5, 0.6) is 0 Å². The summed E-state index contributed by atoms with van der Waals surface area (Å²) in [5.41, 5.74) is 1.93. The first-order chi connectivity index (χ1) is 7.59. The topological polar surface area (TPSA) is 20.3 Å². The Balaban J connectivity index is 2.19. The summed E-state index contributed by atoms with van der Waals surface area (Å²) >= 11 is 3.46. The van der Waals surface area contributed by atoms with Crippen molar-refractivity contribution in [2.24, 2.45) is 0 Å². The van der Waals surface area contributed by atoms with E-state index >= 15 is 0 Å². The van der Waals surface area contributed by atoms with Crippen LogP contribution in [0.1, 0.15) is 35.2 Å². The lowest BCUT2D eigenvalue weighted by molar-refractivity contribution is 0.0651. The fourth-order valence-electron chi connectivity index (χ4n) is 1.92. The number of halogens is 1. The number of carbonyl (C=O) groups excluding carboxylic acids is 1. The zero-order valence-corrected chi connectivity index (χ0v) is 11.3. The van der Waals surface area contributed by atoms with E-state index in [2.05, 4.69) is 15.9 Å². The minimum atomic E-state index is 0.122. The molecule has 86 valence electrons. The van der Waals surface area contributed by atoms with Crippen LogP contribution in [0.2, 0.25) is 0 Å². The van der Waals surface area contributed by atoms with Crippen molar-refractivity contribution in [2.75, 3.05) is 7.05 Å². The molecule has 2 nitrogen and oxygen atoms in total. The smallest absolute Gasteiger partial charge is 0.254 e. The van der Waals surface area contributed by atoms with E-state index in [1.54, 1.807) is 0 Å². The highest BCUT2D eigenvalue weighted by atomic mass is 79.9. The van der Waals surface area contributed by atoms with Crippen molar-refractivity contribution in [3.63, 3.8) is 0 Å². The van der Waals surface area contributed by atoms with Crippen molar-refractivity contribution < 1.29 is 4.79 Å². The van der Waals surface area contributed by atoms with Crippen LogP contribution in [0.25, 0.3) is 0 Å². The van der Waals surface area contributed by atoms with Gasteiger partial charge in [0.25, 0.3) is 5.91 Å². The second-order valence-corrected chi connectivity index (χ2v) is 5.34. The molecule has 1 aliphatic rings. The van der Waals surface area contributed by atoms with Crippen molar-refractivity contribution in [3.05, 3.63) is 33.8 Å². The minimum absolute atomic E-state index is 0.122. The average molecular weight is 282 g/mol. The van der Waals surface area contributed by atoms with E-state index in [0.717, 1.165) is 28.4 Å². The Morgan fingerprint density at radius 3 is 2.62 bits per heavy atom. The molecule has 0 unspecified atom stereocenters. The van der Waals surface area contributed by atoms with Gasteiger partial charge in [-0.15, -0.1) is 0 Å². The first-order valence-corrected chi connectivity index (χ1v) is 6.42. The van der Waals surface area contributed by atoms with Crippen LogP contribution in [0.4, 0.5) is 0 Å². The molecule has 16 heavy (non-hydrogen) atoms. The Hall–Kier alpha value is -0.830. The number of hydrogen-bond donors (Lipinski definition) is 0. The van der Waals surface area contributed by atoms with Crippen molar-refractivity contribution in [1.29, 1.82) is 0 Å². The molecular formula is C13H16BrNO. The van der Waals surface area contributed by atoms with Crippen LogP contribution in [0, 0.1) is 6.92 Å². The Labute approximate surface area is 105 Å². The van der Waals surface area contributed by atoms with Crippen molar-refractivity contribution in [3.8, 4) is 0 Å². The molecule has 1 aromatic rings.